The van der Waals surface area contributed by atoms with E-state index in [1.165, 1.54) is 21.8 Å². The molecule has 3 rings (SSSR count). The number of carbonyl (C=O) groups is 2. The zero-order valence-corrected chi connectivity index (χ0v) is 20.8. The Balaban J connectivity index is 0.000000298. The highest BCUT2D eigenvalue weighted by Gasteiger charge is 2.15. The second-order valence-electron chi connectivity index (χ2n) is 7.74. The Kier molecular flexibility index (Phi) is 12.0. The SMILES string of the molecule is CCc1c(CC(=O)NCCCCCCN)ccc(OC)c1OC.O=C(n1ccnc1)n1ccnc1. The number of unbranched alkanes of at least 4 members (excludes halogenated alkanes) is 3. The monoisotopic (exact) mass is 484 g/mol. The molecule has 0 aliphatic heterocycles. The topological polar surface area (TPSA) is 126 Å². The summed E-state index contributed by atoms with van der Waals surface area (Å²) >= 11 is 0. The van der Waals surface area contributed by atoms with Crippen LogP contribution >= 0.6 is 0 Å². The summed E-state index contributed by atoms with van der Waals surface area (Å²) in [5.74, 6) is 1.47. The summed E-state index contributed by atoms with van der Waals surface area (Å²) in [6, 6.07) is 3.61. The molecular weight excluding hydrogens is 448 g/mol. The number of hydrogen-bond donors (Lipinski definition) is 2. The van der Waals surface area contributed by atoms with E-state index >= 15 is 0 Å². The van der Waals surface area contributed by atoms with Crippen molar-refractivity contribution in [3.8, 4) is 11.5 Å². The van der Waals surface area contributed by atoms with Crippen LogP contribution in [0.4, 0.5) is 4.79 Å². The van der Waals surface area contributed by atoms with Gasteiger partial charge in [0, 0.05) is 36.9 Å². The quantitative estimate of drug-likeness (QED) is 0.401. The molecule has 0 saturated heterocycles. The molecule has 0 spiro atoms. The zero-order chi connectivity index (χ0) is 25.5. The molecule has 0 bridgehead atoms. The minimum atomic E-state index is -0.190. The van der Waals surface area contributed by atoms with Gasteiger partial charge in [-0.05, 0) is 37.4 Å². The van der Waals surface area contributed by atoms with E-state index in [2.05, 4.69) is 22.2 Å². The van der Waals surface area contributed by atoms with Gasteiger partial charge in [0.2, 0.25) is 5.91 Å². The number of nitrogens with zero attached hydrogens (tertiary/aromatic N) is 4. The van der Waals surface area contributed by atoms with Crippen LogP contribution < -0.4 is 20.5 Å². The van der Waals surface area contributed by atoms with Crippen LogP contribution in [-0.2, 0) is 17.6 Å². The molecule has 3 aromatic rings. The smallest absolute Gasteiger partial charge is 0.338 e. The molecule has 0 atom stereocenters. The predicted octanol–water partition coefficient (Wildman–Crippen LogP) is 3.04. The number of nitrogens with two attached hydrogens (primary N) is 1. The van der Waals surface area contributed by atoms with Crippen LogP contribution in [0.5, 0.6) is 11.5 Å². The molecule has 0 aliphatic rings. The lowest BCUT2D eigenvalue weighted by Gasteiger charge is -2.16. The third kappa shape index (κ3) is 8.56. The van der Waals surface area contributed by atoms with E-state index in [1.807, 2.05) is 12.1 Å². The molecule has 10 nitrogen and oxygen atoms in total. The van der Waals surface area contributed by atoms with E-state index in [-0.39, 0.29) is 11.9 Å². The van der Waals surface area contributed by atoms with Crippen molar-refractivity contribution in [2.75, 3.05) is 27.3 Å². The summed E-state index contributed by atoms with van der Waals surface area (Å²) in [5, 5.41) is 2.98. The number of carbonyl (C=O) groups excluding carboxylic acids is 2. The van der Waals surface area contributed by atoms with E-state index in [4.69, 9.17) is 15.2 Å². The Morgan fingerprint density at radius 2 is 1.63 bits per heavy atom. The van der Waals surface area contributed by atoms with Crippen molar-refractivity contribution < 1.29 is 19.1 Å². The van der Waals surface area contributed by atoms with Gasteiger partial charge in [0.1, 0.15) is 12.7 Å². The fourth-order valence-electron chi connectivity index (χ4n) is 3.55. The van der Waals surface area contributed by atoms with E-state index in [0.717, 1.165) is 62.1 Å². The largest absolute Gasteiger partial charge is 0.493 e. The van der Waals surface area contributed by atoms with Gasteiger partial charge >= 0.3 is 6.03 Å². The fraction of sp³-hybridized carbons (Fsp3) is 0.440. The second kappa shape index (κ2) is 15.3. The minimum absolute atomic E-state index is 0.0470. The first-order valence-electron chi connectivity index (χ1n) is 11.8. The third-order valence-corrected chi connectivity index (χ3v) is 5.35. The first-order chi connectivity index (χ1) is 17.0. The highest BCUT2D eigenvalue weighted by Crippen LogP contribution is 2.34. The predicted molar refractivity (Wildman–Crippen MR) is 134 cm³/mol. The Bertz CT molecular complexity index is 983. The lowest BCUT2D eigenvalue weighted by Crippen LogP contribution is -2.26. The van der Waals surface area contributed by atoms with E-state index in [9.17, 15) is 9.59 Å². The van der Waals surface area contributed by atoms with Gasteiger partial charge in [0.15, 0.2) is 11.5 Å². The Morgan fingerprint density at radius 1 is 0.971 bits per heavy atom. The molecule has 0 aliphatic carbocycles. The van der Waals surface area contributed by atoms with Gasteiger partial charge in [-0.15, -0.1) is 0 Å². The maximum absolute atomic E-state index is 12.1. The average Bonchev–Trinajstić information content (AvgIpc) is 3.60. The molecule has 10 heteroatoms. The number of imidazole rings is 2. The van der Waals surface area contributed by atoms with Gasteiger partial charge in [-0.3, -0.25) is 13.9 Å². The molecule has 2 aromatic heterocycles. The normalized spacial score (nSPS) is 10.3. The van der Waals surface area contributed by atoms with E-state index in [0.29, 0.717) is 12.2 Å². The number of amides is 1. The molecule has 3 N–H and O–H groups in total. The number of rotatable bonds is 11. The van der Waals surface area contributed by atoms with Gasteiger partial charge in [0.05, 0.1) is 20.6 Å². The molecule has 0 fully saturated rings. The maximum Gasteiger partial charge on any atom is 0.338 e. The molecule has 1 aromatic carbocycles. The van der Waals surface area contributed by atoms with Crippen LogP contribution in [0, 0.1) is 0 Å². The molecule has 190 valence electrons. The second-order valence-corrected chi connectivity index (χ2v) is 7.74. The summed E-state index contributed by atoms with van der Waals surface area (Å²) in [7, 11) is 3.25. The van der Waals surface area contributed by atoms with E-state index in [1.54, 1.807) is 39.0 Å². The average molecular weight is 485 g/mol. The van der Waals surface area contributed by atoms with Crippen LogP contribution in [0.25, 0.3) is 0 Å². The number of ether oxygens (including phenoxy) is 2. The third-order valence-electron chi connectivity index (χ3n) is 5.35. The first-order valence-corrected chi connectivity index (χ1v) is 11.8. The summed E-state index contributed by atoms with van der Waals surface area (Å²) in [4.78, 5) is 31.1. The van der Waals surface area contributed by atoms with Crippen LogP contribution in [-0.4, -0.2) is 58.3 Å². The van der Waals surface area contributed by atoms with Gasteiger partial charge in [-0.2, -0.15) is 0 Å². The van der Waals surface area contributed by atoms with Crippen molar-refractivity contribution >= 4 is 11.9 Å². The molecule has 2 heterocycles. The lowest BCUT2D eigenvalue weighted by atomic mass is 10.00. The number of aromatic nitrogens is 4. The molecule has 1 amide bonds. The van der Waals surface area contributed by atoms with Crippen molar-refractivity contribution in [3.05, 3.63) is 60.7 Å². The highest BCUT2D eigenvalue weighted by molar-refractivity contribution is 5.79. The zero-order valence-electron chi connectivity index (χ0n) is 20.8. The maximum atomic E-state index is 12.1. The Morgan fingerprint density at radius 3 is 2.14 bits per heavy atom. The van der Waals surface area contributed by atoms with Crippen molar-refractivity contribution in [2.24, 2.45) is 5.73 Å². The summed E-state index contributed by atoms with van der Waals surface area (Å²) in [5.41, 5.74) is 7.48. The number of hydrogen-bond acceptors (Lipinski definition) is 7. The lowest BCUT2D eigenvalue weighted by molar-refractivity contribution is -0.120. The number of nitrogens with one attached hydrogen (secondary N) is 1. The standard InChI is InChI=1S/C18H30N2O3.C7H6N4O/c1-4-15-14(9-10-16(22-2)18(15)23-3)13-17(21)20-12-8-6-5-7-11-19;12-7(10-3-1-8-5-10)11-4-2-9-6-11/h9-10H,4-8,11-13,19H2,1-3H3,(H,20,21);1-6H. The van der Waals surface area contributed by atoms with Gasteiger partial charge < -0.3 is 20.5 Å². The highest BCUT2D eigenvalue weighted by atomic mass is 16.5. The molecule has 0 unspecified atom stereocenters. The molecule has 0 radical (unpaired) electrons. The number of methoxy groups -OCH3 is 2. The van der Waals surface area contributed by atoms with Crippen LogP contribution in [0.15, 0.2) is 49.6 Å². The van der Waals surface area contributed by atoms with E-state index < -0.39 is 0 Å². The summed E-state index contributed by atoms with van der Waals surface area (Å²) in [6.45, 7) is 3.51. The van der Waals surface area contributed by atoms with Crippen molar-refractivity contribution in [3.63, 3.8) is 0 Å². The van der Waals surface area contributed by atoms with Crippen molar-refractivity contribution in [1.82, 2.24) is 24.4 Å². The molecule has 0 saturated carbocycles. The van der Waals surface area contributed by atoms with Crippen LogP contribution in [0.3, 0.4) is 0 Å². The van der Waals surface area contributed by atoms with Crippen LogP contribution in [0.1, 0.15) is 43.7 Å². The minimum Gasteiger partial charge on any atom is -0.493 e. The Hall–Kier alpha value is -3.66. The van der Waals surface area contributed by atoms with Crippen molar-refractivity contribution in [1.29, 1.82) is 0 Å². The fourth-order valence-corrected chi connectivity index (χ4v) is 3.55. The van der Waals surface area contributed by atoms with Crippen LogP contribution in [0.2, 0.25) is 0 Å². The first kappa shape index (κ1) is 27.6. The summed E-state index contributed by atoms with van der Waals surface area (Å²) < 4.78 is 13.5. The van der Waals surface area contributed by atoms with Gasteiger partial charge in [0.25, 0.3) is 0 Å². The molecule has 35 heavy (non-hydrogen) atoms. The Labute approximate surface area is 206 Å². The summed E-state index contributed by atoms with van der Waals surface area (Å²) in [6.07, 6.45) is 14.6. The molecular formula is C25H36N6O4. The van der Waals surface area contributed by atoms with Gasteiger partial charge in [-0.1, -0.05) is 25.8 Å². The van der Waals surface area contributed by atoms with Gasteiger partial charge in [-0.25, -0.2) is 14.8 Å². The van der Waals surface area contributed by atoms with Crippen molar-refractivity contribution in [2.45, 2.75) is 45.4 Å². The number of benzene rings is 1.